The lowest BCUT2D eigenvalue weighted by Gasteiger charge is -2.40. The van der Waals surface area contributed by atoms with E-state index in [-0.39, 0.29) is 25.3 Å². The molecule has 0 radical (unpaired) electrons. The van der Waals surface area contributed by atoms with Gasteiger partial charge < -0.3 is 33.8 Å². The van der Waals surface area contributed by atoms with Gasteiger partial charge in [0, 0.05) is 55.9 Å². The van der Waals surface area contributed by atoms with E-state index in [0.29, 0.717) is 45.4 Å². The molecule has 2 fully saturated rings. The van der Waals surface area contributed by atoms with Crippen molar-refractivity contribution < 1.29 is 19.0 Å². The van der Waals surface area contributed by atoms with Crippen LogP contribution in [0, 0.1) is 6.57 Å². The van der Waals surface area contributed by atoms with Crippen molar-refractivity contribution in [2.24, 2.45) is 0 Å². The van der Waals surface area contributed by atoms with Crippen LogP contribution < -0.4 is 14.5 Å². The van der Waals surface area contributed by atoms with Crippen LogP contribution in [-0.2, 0) is 29.0 Å². The Balaban J connectivity index is 1.14. The predicted octanol–water partition coefficient (Wildman–Crippen LogP) is 4.65. The first kappa shape index (κ1) is 31.7. The first-order valence-corrected chi connectivity index (χ1v) is 16.7. The molecule has 0 aliphatic carbocycles. The standard InChI is InChI=1S/C37H41N7O4/c1-38-21-29-22-43(17-18-44(29)37(45)48-25-27-9-4-3-5-10-27)35-32-15-16-42(34-14-8-12-28-11-6-7-13-31(28)34)24-33(32)39-36(40-35)47-26-30-23-41(2)19-20-46-30/h3-14,29-30H,15-26H2,2H3/t29?,30-/m1/s1. The summed E-state index contributed by atoms with van der Waals surface area (Å²) in [4.78, 5) is 35.4. The van der Waals surface area contributed by atoms with Gasteiger partial charge in [0.2, 0.25) is 6.54 Å². The van der Waals surface area contributed by atoms with Crippen LogP contribution in [0.1, 0.15) is 16.8 Å². The van der Waals surface area contributed by atoms with E-state index in [9.17, 15) is 4.79 Å². The highest BCUT2D eigenvalue weighted by Gasteiger charge is 2.36. The van der Waals surface area contributed by atoms with Crippen molar-refractivity contribution >= 4 is 28.4 Å². The largest absolute Gasteiger partial charge is 0.461 e. The Morgan fingerprint density at radius 3 is 2.65 bits per heavy atom. The van der Waals surface area contributed by atoms with E-state index in [2.05, 4.69) is 69.1 Å². The summed E-state index contributed by atoms with van der Waals surface area (Å²) in [5, 5.41) is 2.42. The zero-order valence-corrected chi connectivity index (χ0v) is 27.3. The zero-order valence-electron chi connectivity index (χ0n) is 27.3. The molecule has 3 aliphatic heterocycles. The Morgan fingerprint density at radius 2 is 1.79 bits per heavy atom. The molecule has 7 rings (SSSR count). The van der Waals surface area contributed by atoms with Gasteiger partial charge in [-0.1, -0.05) is 66.7 Å². The average Bonchev–Trinajstić information content (AvgIpc) is 3.13. The normalized spacial score (nSPS) is 19.9. The Kier molecular flexibility index (Phi) is 9.54. The number of carbonyl (C=O) groups is 1. The molecule has 11 nitrogen and oxygen atoms in total. The van der Waals surface area contributed by atoms with Gasteiger partial charge in [0.05, 0.1) is 18.8 Å². The first-order valence-electron chi connectivity index (χ1n) is 16.7. The maximum atomic E-state index is 13.2. The van der Waals surface area contributed by atoms with Crippen LogP contribution in [0.2, 0.25) is 0 Å². The summed E-state index contributed by atoms with van der Waals surface area (Å²) >= 11 is 0. The second-order valence-corrected chi connectivity index (χ2v) is 12.7. The molecule has 3 aromatic carbocycles. The van der Waals surface area contributed by atoms with Crippen molar-refractivity contribution in [1.82, 2.24) is 19.8 Å². The van der Waals surface area contributed by atoms with Crippen molar-refractivity contribution in [3.8, 4) is 6.01 Å². The van der Waals surface area contributed by atoms with Gasteiger partial charge in [-0.15, -0.1) is 0 Å². The van der Waals surface area contributed by atoms with Crippen LogP contribution in [-0.4, -0.2) is 104 Å². The molecule has 4 aromatic rings. The third-order valence-electron chi connectivity index (χ3n) is 9.39. The van der Waals surface area contributed by atoms with E-state index in [1.807, 2.05) is 30.3 Å². The SMILES string of the molecule is [C-]#[N+]CC1CN(c2nc(OC[C@H]3CN(C)CCO3)nc3c2CCN(c2cccc4ccccc24)C3)CCN1C(=O)OCc1ccccc1. The van der Waals surface area contributed by atoms with Gasteiger partial charge in [-0.25, -0.2) is 11.4 Å². The van der Waals surface area contributed by atoms with E-state index >= 15 is 0 Å². The number of ether oxygens (including phenoxy) is 3. The summed E-state index contributed by atoms with van der Waals surface area (Å²) in [6.45, 7) is 13.6. The summed E-state index contributed by atoms with van der Waals surface area (Å²) in [5.41, 5.74) is 4.13. The molecule has 2 atom stereocenters. The van der Waals surface area contributed by atoms with Gasteiger partial charge in [0.15, 0.2) is 0 Å². The topological polar surface area (TPSA) is 87.9 Å². The number of carbonyl (C=O) groups excluding carboxylic acids is 1. The minimum atomic E-state index is -0.399. The number of piperazine rings is 1. The lowest BCUT2D eigenvalue weighted by atomic mass is 10.0. The Morgan fingerprint density at radius 1 is 0.958 bits per heavy atom. The fraction of sp³-hybridized carbons (Fsp3) is 0.405. The molecular formula is C37H41N7O4. The molecule has 1 amide bonds. The number of aromatic nitrogens is 2. The van der Waals surface area contributed by atoms with Crippen molar-refractivity contribution in [2.75, 3.05) is 75.9 Å². The molecule has 0 N–H and O–H groups in total. The van der Waals surface area contributed by atoms with Crippen molar-refractivity contribution in [3.63, 3.8) is 0 Å². The summed E-state index contributed by atoms with van der Waals surface area (Å²) in [6, 6.07) is 24.5. The Labute approximate surface area is 281 Å². The number of hydrogen-bond donors (Lipinski definition) is 0. The van der Waals surface area contributed by atoms with E-state index in [4.69, 9.17) is 30.8 Å². The molecule has 48 heavy (non-hydrogen) atoms. The predicted molar refractivity (Wildman–Crippen MR) is 184 cm³/mol. The summed E-state index contributed by atoms with van der Waals surface area (Å²) in [5.74, 6) is 0.821. The fourth-order valence-corrected chi connectivity index (χ4v) is 6.89. The Hall–Kier alpha value is -4.92. The minimum Gasteiger partial charge on any atom is -0.461 e. The first-order chi connectivity index (χ1) is 23.6. The maximum Gasteiger partial charge on any atom is 0.410 e. The monoisotopic (exact) mass is 647 g/mol. The second-order valence-electron chi connectivity index (χ2n) is 12.7. The maximum absolute atomic E-state index is 13.2. The Bertz CT molecular complexity index is 1780. The van der Waals surface area contributed by atoms with Crippen LogP contribution in [0.5, 0.6) is 6.01 Å². The van der Waals surface area contributed by atoms with Gasteiger partial charge in [-0.05, 0) is 30.5 Å². The molecule has 1 unspecified atom stereocenters. The number of rotatable bonds is 8. The molecule has 0 saturated carbocycles. The van der Waals surface area contributed by atoms with Crippen molar-refractivity contribution in [2.45, 2.75) is 31.7 Å². The number of nitrogens with zero attached hydrogens (tertiary/aromatic N) is 7. The van der Waals surface area contributed by atoms with Crippen molar-refractivity contribution in [1.29, 1.82) is 0 Å². The number of anilines is 2. The fourth-order valence-electron chi connectivity index (χ4n) is 6.89. The molecule has 2 saturated heterocycles. The van der Waals surface area contributed by atoms with Gasteiger partial charge in [-0.3, -0.25) is 4.90 Å². The van der Waals surface area contributed by atoms with E-state index in [1.165, 1.54) is 16.5 Å². The van der Waals surface area contributed by atoms with Crippen LogP contribution in [0.25, 0.3) is 15.6 Å². The number of morpholine rings is 1. The molecule has 3 aliphatic rings. The van der Waals surface area contributed by atoms with E-state index < -0.39 is 6.09 Å². The molecule has 0 spiro atoms. The third-order valence-corrected chi connectivity index (χ3v) is 9.39. The molecular weight excluding hydrogens is 606 g/mol. The summed E-state index contributed by atoms with van der Waals surface area (Å²) in [6.07, 6.45) is 0.300. The molecule has 11 heteroatoms. The summed E-state index contributed by atoms with van der Waals surface area (Å²) < 4.78 is 17.9. The van der Waals surface area contributed by atoms with E-state index in [1.54, 1.807) is 4.90 Å². The highest BCUT2D eigenvalue weighted by atomic mass is 16.6. The number of amides is 1. The van der Waals surface area contributed by atoms with Crippen LogP contribution in [0.15, 0.2) is 72.8 Å². The van der Waals surface area contributed by atoms with Crippen LogP contribution in [0.3, 0.4) is 0 Å². The number of fused-ring (bicyclic) bond motifs is 2. The summed E-state index contributed by atoms with van der Waals surface area (Å²) in [7, 11) is 2.08. The lowest BCUT2D eigenvalue weighted by Crippen LogP contribution is -2.57. The third kappa shape index (κ3) is 7.00. The van der Waals surface area contributed by atoms with Gasteiger partial charge in [-0.2, -0.15) is 9.97 Å². The number of likely N-dealkylation sites (N-methyl/N-ethyl adjacent to an activating group) is 1. The smallest absolute Gasteiger partial charge is 0.410 e. The van der Waals surface area contributed by atoms with Crippen LogP contribution >= 0.6 is 0 Å². The van der Waals surface area contributed by atoms with Crippen LogP contribution in [0.4, 0.5) is 16.3 Å². The highest BCUT2D eigenvalue weighted by Crippen LogP contribution is 2.35. The number of hydrogen-bond acceptors (Lipinski definition) is 9. The van der Waals surface area contributed by atoms with Gasteiger partial charge in [0.25, 0.3) is 0 Å². The molecule has 1 aromatic heterocycles. The molecule has 248 valence electrons. The van der Waals surface area contributed by atoms with Gasteiger partial charge >= 0.3 is 12.1 Å². The second kappa shape index (κ2) is 14.5. The number of benzene rings is 3. The molecule has 4 heterocycles. The highest BCUT2D eigenvalue weighted by molar-refractivity contribution is 5.94. The van der Waals surface area contributed by atoms with E-state index in [0.717, 1.165) is 48.7 Å². The van der Waals surface area contributed by atoms with Crippen molar-refractivity contribution in [3.05, 3.63) is 101 Å². The quantitative estimate of drug-likeness (QED) is 0.254. The minimum absolute atomic E-state index is 0.0625. The molecule has 0 bridgehead atoms. The van der Waals surface area contributed by atoms with Gasteiger partial charge in [0.1, 0.15) is 31.2 Å². The average molecular weight is 648 g/mol. The lowest BCUT2D eigenvalue weighted by molar-refractivity contribution is -0.0417. The zero-order chi connectivity index (χ0) is 32.9.